The maximum atomic E-state index is 13.2. The summed E-state index contributed by atoms with van der Waals surface area (Å²) in [6, 6.07) is 14.8. The van der Waals surface area contributed by atoms with Crippen molar-refractivity contribution in [1.82, 2.24) is 9.88 Å². The molecule has 0 radical (unpaired) electrons. The van der Waals surface area contributed by atoms with E-state index < -0.39 is 9.84 Å². The van der Waals surface area contributed by atoms with Crippen molar-refractivity contribution in [3.05, 3.63) is 60.3 Å². The van der Waals surface area contributed by atoms with Crippen molar-refractivity contribution < 1.29 is 8.42 Å². The van der Waals surface area contributed by atoms with Crippen LogP contribution in [0.1, 0.15) is 12.0 Å². The Balaban J connectivity index is 1.82. The quantitative estimate of drug-likeness (QED) is 0.781. The van der Waals surface area contributed by atoms with E-state index in [9.17, 15) is 8.42 Å². The molecular weight excluding hydrogens is 332 g/mol. The lowest BCUT2D eigenvalue weighted by Crippen LogP contribution is -2.14. The highest BCUT2D eigenvalue weighted by atomic mass is 32.2. The fourth-order valence-corrected chi connectivity index (χ4v) is 5.05. The summed E-state index contributed by atoms with van der Waals surface area (Å²) in [7, 11) is -3.53. The molecule has 1 aliphatic rings. The topological polar surface area (TPSA) is 51.1 Å². The van der Waals surface area contributed by atoms with Crippen molar-refractivity contribution in [1.29, 1.82) is 0 Å². The van der Waals surface area contributed by atoms with Crippen molar-refractivity contribution in [3.63, 3.8) is 0 Å². The minimum atomic E-state index is -3.53. The molecule has 1 saturated heterocycles. The molecule has 3 aromatic rings. The predicted molar refractivity (Wildman–Crippen MR) is 99.5 cm³/mol. The highest BCUT2D eigenvalue weighted by molar-refractivity contribution is 7.91. The summed E-state index contributed by atoms with van der Waals surface area (Å²) in [5.41, 5.74) is 2.04. The van der Waals surface area contributed by atoms with Gasteiger partial charge in [0.25, 0.3) is 0 Å². The van der Waals surface area contributed by atoms with Crippen LogP contribution in [0.25, 0.3) is 10.9 Å². The van der Waals surface area contributed by atoms with Crippen molar-refractivity contribution in [3.8, 4) is 0 Å². The Hall–Kier alpha value is -2.11. The molecule has 25 heavy (non-hydrogen) atoms. The first-order valence-corrected chi connectivity index (χ1v) is 10.1. The van der Waals surface area contributed by atoms with Gasteiger partial charge in [-0.05, 0) is 50.6 Å². The zero-order chi connectivity index (χ0) is 17.4. The van der Waals surface area contributed by atoms with Crippen LogP contribution in [0.15, 0.2) is 64.5 Å². The standard InChI is InChI=1S/C20H22N2O2S/c1-15-6-8-17(9-7-15)25(23,24)20-14-22(13-16-10-11-21-12-16)19-5-3-2-4-18(19)20/h2-9,14,16,21H,10-13H2,1H3. The van der Waals surface area contributed by atoms with E-state index in [2.05, 4.69) is 9.88 Å². The lowest BCUT2D eigenvalue weighted by Gasteiger charge is -2.10. The van der Waals surface area contributed by atoms with Crippen LogP contribution in [0.4, 0.5) is 0 Å². The first kappa shape index (κ1) is 16.4. The van der Waals surface area contributed by atoms with Crippen molar-refractivity contribution >= 4 is 20.7 Å². The van der Waals surface area contributed by atoms with E-state index in [1.54, 1.807) is 12.1 Å². The molecule has 2 heterocycles. The Morgan fingerprint density at radius 2 is 1.88 bits per heavy atom. The second-order valence-electron chi connectivity index (χ2n) is 6.84. The van der Waals surface area contributed by atoms with E-state index in [-0.39, 0.29) is 0 Å². The van der Waals surface area contributed by atoms with Crippen LogP contribution in [0.3, 0.4) is 0 Å². The molecule has 1 aliphatic heterocycles. The molecule has 4 rings (SSSR count). The van der Waals surface area contributed by atoms with Crippen LogP contribution in [0.5, 0.6) is 0 Å². The summed E-state index contributed by atoms with van der Waals surface area (Å²) < 4.78 is 28.5. The Kier molecular flexibility index (Phi) is 4.13. The zero-order valence-corrected chi connectivity index (χ0v) is 15.1. The van der Waals surface area contributed by atoms with E-state index in [0.717, 1.165) is 42.5 Å². The van der Waals surface area contributed by atoms with Crippen molar-refractivity contribution in [2.24, 2.45) is 5.92 Å². The summed E-state index contributed by atoms with van der Waals surface area (Å²) >= 11 is 0. The van der Waals surface area contributed by atoms with Gasteiger partial charge in [-0.3, -0.25) is 0 Å². The van der Waals surface area contributed by atoms with Crippen LogP contribution in [-0.2, 0) is 16.4 Å². The Bertz CT molecular complexity index is 998. The number of fused-ring (bicyclic) bond motifs is 1. The Morgan fingerprint density at radius 3 is 2.60 bits per heavy atom. The lowest BCUT2D eigenvalue weighted by molar-refractivity contribution is 0.489. The van der Waals surface area contributed by atoms with E-state index >= 15 is 0 Å². The van der Waals surface area contributed by atoms with Gasteiger partial charge in [0.1, 0.15) is 0 Å². The van der Waals surface area contributed by atoms with Crippen LogP contribution in [0, 0.1) is 12.8 Å². The number of hydrogen-bond acceptors (Lipinski definition) is 3. The third-order valence-corrected chi connectivity index (χ3v) is 6.79. The maximum Gasteiger partial charge on any atom is 0.208 e. The second kappa shape index (κ2) is 6.32. The number of benzene rings is 2. The average Bonchev–Trinajstić information content (AvgIpc) is 3.24. The predicted octanol–water partition coefficient (Wildman–Crippen LogP) is 3.39. The monoisotopic (exact) mass is 354 g/mol. The molecule has 1 atom stereocenters. The van der Waals surface area contributed by atoms with Gasteiger partial charge < -0.3 is 9.88 Å². The highest BCUT2D eigenvalue weighted by Gasteiger charge is 2.24. The lowest BCUT2D eigenvalue weighted by atomic mass is 10.1. The number of hydrogen-bond donors (Lipinski definition) is 1. The SMILES string of the molecule is Cc1ccc(S(=O)(=O)c2cn(CC3CCNC3)c3ccccc23)cc1. The maximum absolute atomic E-state index is 13.2. The fraction of sp³-hybridized carbons (Fsp3) is 0.300. The molecule has 4 nitrogen and oxygen atoms in total. The number of aryl methyl sites for hydroxylation is 1. The number of nitrogens with zero attached hydrogens (tertiary/aromatic N) is 1. The summed E-state index contributed by atoms with van der Waals surface area (Å²) in [6.45, 7) is 4.83. The van der Waals surface area contributed by atoms with Crippen LogP contribution in [-0.4, -0.2) is 26.1 Å². The highest BCUT2D eigenvalue weighted by Crippen LogP contribution is 2.31. The van der Waals surface area contributed by atoms with Crippen LogP contribution >= 0.6 is 0 Å². The number of nitrogens with one attached hydrogen (secondary N) is 1. The van der Waals surface area contributed by atoms with Gasteiger partial charge in [0.2, 0.25) is 9.84 Å². The first-order chi connectivity index (χ1) is 12.1. The minimum absolute atomic E-state index is 0.350. The van der Waals surface area contributed by atoms with Gasteiger partial charge in [-0.15, -0.1) is 0 Å². The van der Waals surface area contributed by atoms with Gasteiger partial charge in [0.05, 0.1) is 9.79 Å². The molecule has 1 aromatic heterocycles. The number of para-hydroxylation sites is 1. The third-order valence-electron chi connectivity index (χ3n) is 4.99. The van der Waals surface area contributed by atoms with Gasteiger partial charge in [-0.1, -0.05) is 35.9 Å². The first-order valence-electron chi connectivity index (χ1n) is 8.66. The summed E-state index contributed by atoms with van der Waals surface area (Å²) in [4.78, 5) is 0.751. The van der Waals surface area contributed by atoms with Gasteiger partial charge in [0.15, 0.2) is 0 Å². The molecule has 130 valence electrons. The number of sulfone groups is 1. The molecule has 1 unspecified atom stereocenters. The summed E-state index contributed by atoms with van der Waals surface area (Å²) in [6.07, 6.45) is 2.95. The van der Waals surface area contributed by atoms with Crippen LogP contribution in [0.2, 0.25) is 0 Å². The minimum Gasteiger partial charge on any atom is -0.346 e. The molecular formula is C20H22N2O2S. The van der Waals surface area contributed by atoms with E-state index in [4.69, 9.17) is 0 Å². The number of aromatic nitrogens is 1. The van der Waals surface area contributed by atoms with Crippen molar-refractivity contribution in [2.45, 2.75) is 29.7 Å². The Morgan fingerprint density at radius 1 is 1.12 bits per heavy atom. The normalized spacial score (nSPS) is 18.0. The Labute approximate surface area is 148 Å². The van der Waals surface area contributed by atoms with E-state index in [1.807, 2.05) is 49.5 Å². The molecule has 0 aliphatic carbocycles. The summed E-state index contributed by atoms with van der Waals surface area (Å²) in [5.74, 6) is 0.547. The molecule has 0 amide bonds. The van der Waals surface area contributed by atoms with Crippen molar-refractivity contribution in [2.75, 3.05) is 13.1 Å². The smallest absolute Gasteiger partial charge is 0.208 e. The molecule has 1 N–H and O–H groups in total. The molecule has 2 aromatic carbocycles. The number of rotatable bonds is 4. The molecule has 1 fully saturated rings. The van der Waals surface area contributed by atoms with Crippen LogP contribution < -0.4 is 5.32 Å². The summed E-state index contributed by atoms with van der Waals surface area (Å²) in [5, 5.41) is 4.18. The van der Waals surface area contributed by atoms with Gasteiger partial charge in [-0.2, -0.15) is 0 Å². The second-order valence-corrected chi connectivity index (χ2v) is 8.76. The largest absolute Gasteiger partial charge is 0.346 e. The van der Waals surface area contributed by atoms with Gasteiger partial charge >= 0.3 is 0 Å². The van der Waals surface area contributed by atoms with Gasteiger partial charge in [-0.25, -0.2) is 8.42 Å². The molecule has 5 heteroatoms. The molecule has 0 saturated carbocycles. The third kappa shape index (κ3) is 2.98. The fourth-order valence-electron chi connectivity index (χ4n) is 3.57. The average molecular weight is 354 g/mol. The molecule has 0 spiro atoms. The zero-order valence-electron chi connectivity index (χ0n) is 14.3. The van der Waals surface area contributed by atoms with E-state index in [0.29, 0.717) is 15.7 Å². The molecule has 0 bridgehead atoms. The van der Waals surface area contributed by atoms with Gasteiger partial charge in [0, 0.05) is 23.6 Å². The van der Waals surface area contributed by atoms with E-state index in [1.165, 1.54) is 0 Å².